The lowest BCUT2D eigenvalue weighted by Gasteiger charge is -2.09. The van der Waals surface area contributed by atoms with Gasteiger partial charge in [-0.3, -0.25) is 0 Å². The molecule has 2 nitrogen and oxygen atoms in total. The van der Waals surface area contributed by atoms with E-state index in [1.807, 2.05) is 24.3 Å². The van der Waals surface area contributed by atoms with E-state index in [1.54, 1.807) is 18.2 Å². The van der Waals surface area contributed by atoms with Crippen LogP contribution in [0, 0.1) is 11.6 Å². The van der Waals surface area contributed by atoms with Gasteiger partial charge in [0.25, 0.3) is 0 Å². The first-order valence-electron chi connectivity index (χ1n) is 8.71. The number of hydrogen-bond donors (Lipinski definition) is 1. The molecule has 0 saturated heterocycles. The zero-order chi connectivity index (χ0) is 19.1. The van der Waals surface area contributed by atoms with Crippen molar-refractivity contribution in [2.24, 2.45) is 0 Å². The molecule has 3 aromatic carbocycles. The third kappa shape index (κ3) is 6.05. The van der Waals surface area contributed by atoms with Crippen molar-refractivity contribution in [2.75, 3.05) is 6.54 Å². The minimum absolute atomic E-state index is 0.212. The van der Waals surface area contributed by atoms with E-state index in [4.69, 9.17) is 16.3 Å². The Hall–Kier alpha value is -2.43. The Kier molecular flexibility index (Phi) is 6.80. The molecular weight excluding hydrogens is 368 g/mol. The van der Waals surface area contributed by atoms with Gasteiger partial charge in [-0.25, -0.2) is 8.78 Å². The van der Waals surface area contributed by atoms with Crippen LogP contribution in [-0.2, 0) is 19.6 Å². The van der Waals surface area contributed by atoms with Gasteiger partial charge in [0, 0.05) is 12.1 Å². The van der Waals surface area contributed by atoms with Crippen LogP contribution in [0.4, 0.5) is 8.78 Å². The second-order valence-electron chi connectivity index (χ2n) is 6.22. The second-order valence-corrected chi connectivity index (χ2v) is 6.63. The lowest BCUT2D eigenvalue weighted by atomic mass is 10.1. The highest BCUT2D eigenvalue weighted by Gasteiger charge is 2.03. The first-order valence-corrected chi connectivity index (χ1v) is 9.09. The molecule has 0 radical (unpaired) electrons. The maximum absolute atomic E-state index is 13.0. The smallest absolute Gasteiger partial charge is 0.124 e. The molecule has 0 saturated carbocycles. The average Bonchev–Trinajstić information content (AvgIpc) is 2.67. The summed E-state index contributed by atoms with van der Waals surface area (Å²) in [5.74, 6) is 0.154. The molecule has 0 aliphatic rings. The van der Waals surface area contributed by atoms with Gasteiger partial charge in [0.2, 0.25) is 0 Å². The molecule has 1 N–H and O–H groups in total. The molecule has 0 unspecified atom stereocenters. The van der Waals surface area contributed by atoms with Gasteiger partial charge in [-0.1, -0.05) is 41.9 Å². The summed E-state index contributed by atoms with van der Waals surface area (Å²) in [6, 6.07) is 18.6. The Labute approximate surface area is 162 Å². The van der Waals surface area contributed by atoms with Crippen molar-refractivity contribution in [2.45, 2.75) is 19.6 Å². The van der Waals surface area contributed by atoms with E-state index >= 15 is 0 Å². The normalized spacial score (nSPS) is 10.8. The first kappa shape index (κ1) is 19.3. The van der Waals surface area contributed by atoms with Gasteiger partial charge in [0.15, 0.2) is 0 Å². The lowest BCUT2D eigenvalue weighted by Crippen LogP contribution is -2.16. The van der Waals surface area contributed by atoms with E-state index in [9.17, 15) is 8.78 Å². The summed E-state index contributed by atoms with van der Waals surface area (Å²) >= 11 is 6.00. The van der Waals surface area contributed by atoms with Crippen molar-refractivity contribution in [1.82, 2.24) is 5.32 Å². The van der Waals surface area contributed by atoms with Crippen LogP contribution in [0.2, 0.25) is 5.02 Å². The molecule has 0 aliphatic heterocycles. The zero-order valence-electron chi connectivity index (χ0n) is 14.7. The molecule has 0 atom stereocenters. The van der Waals surface area contributed by atoms with Crippen LogP contribution in [-0.4, -0.2) is 6.54 Å². The maximum Gasteiger partial charge on any atom is 0.124 e. The highest BCUT2D eigenvalue weighted by Crippen LogP contribution is 2.20. The third-order valence-corrected chi connectivity index (χ3v) is 4.52. The highest BCUT2D eigenvalue weighted by molar-refractivity contribution is 6.31. The lowest BCUT2D eigenvalue weighted by molar-refractivity contribution is 0.306. The molecule has 0 spiro atoms. The quantitative estimate of drug-likeness (QED) is 0.513. The molecular formula is C22H20ClF2NO. The molecule has 0 heterocycles. The Morgan fingerprint density at radius 3 is 2.19 bits per heavy atom. The number of rotatable bonds is 8. The topological polar surface area (TPSA) is 21.3 Å². The van der Waals surface area contributed by atoms with Crippen molar-refractivity contribution in [1.29, 1.82) is 0 Å². The second kappa shape index (κ2) is 9.49. The summed E-state index contributed by atoms with van der Waals surface area (Å²) < 4.78 is 31.6. The predicted octanol–water partition coefficient (Wildman–Crippen LogP) is 5.53. The summed E-state index contributed by atoms with van der Waals surface area (Å²) in [6.07, 6.45) is 0.847. The Bertz CT molecular complexity index is 866. The van der Waals surface area contributed by atoms with Crippen LogP contribution in [0.15, 0.2) is 66.7 Å². The largest absolute Gasteiger partial charge is 0.489 e. The summed E-state index contributed by atoms with van der Waals surface area (Å²) in [7, 11) is 0. The Morgan fingerprint density at radius 2 is 1.48 bits per heavy atom. The van der Waals surface area contributed by atoms with Crippen LogP contribution in [0.3, 0.4) is 0 Å². The standard InChI is InChI=1S/C22H20ClF2NO/c23-22-13-20(25)8-5-18(22)15-27-21-9-3-17(4-10-21)14-26-12-11-16-1-6-19(24)7-2-16/h1-10,13,26H,11-12,14-15H2. The molecule has 0 bridgehead atoms. The molecule has 0 fully saturated rings. The number of benzene rings is 3. The van der Waals surface area contributed by atoms with Crippen molar-refractivity contribution < 1.29 is 13.5 Å². The van der Waals surface area contributed by atoms with Crippen LogP contribution in [0.25, 0.3) is 0 Å². The summed E-state index contributed by atoms with van der Waals surface area (Å²) in [6.45, 7) is 1.84. The van der Waals surface area contributed by atoms with Crippen molar-refractivity contribution in [3.63, 3.8) is 0 Å². The summed E-state index contributed by atoms with van der Waals surface area (Å²) in [5, 5.41) is 3.73. The fourth-order valence-corrected chi connectivity index (χ4v) is 2.84. The maximum atomic E-state index is 13.0. The first-order chi connectivity index (χ1) is 13.1. The fourth-order valence-electron chi connectivity index (χ4n) is 2.62. The molecule has 27 heavy (non-hydrogen) atoms. The predicted molar refractivity (Wildman–Crippen MR) is 104 cm³/mol. The fraction of sp³-hybridized carbons (Fsp3) is 0.182. The average molecular weight is 388 g/mol. The van der Waals surface area contributed by atoms with E-state index in [0.29, 0.717) is 5.02 Å². The van der Waals surface area contributed by atoms with E-state index in [2.05, 4.69) is 5.32 Å². The van der Waals surface area contributed by atoms with Crippen molar-refractivity contribution >= 4 is 11.6 Å². The number of hydrogen-bond acceptors (Lipinski definition) is 2. The van der Waals surface area contributed by atoms with E-state index in [0.717, 1.165) is 42.0 Å². The van der Waals surface area contributed by atoms with Crippen LogP contribution >= 0.6 is 11.6 Å². The van der Waals surface area contributed by atoms with Gasteiger partial charge >= 0.3 is 0 Å². The SMILES string of the molecule is Fc1ccc(CCNCc2ccc(OCc3ccc(F)cc3Cl)cc2)cc1. The highest BCUT2D eigenvalue weighted by atomic mass is 35.5. The van der Waals surface area contributed by atoms with Gasteiger partial charge < -0.3 is 10.1 Å². The van der Waals surface area contributed by atoms with Gasteiger partial charge in [0.05, 0.1) is 5.02 Å². The van der Waals surface area contributed by atoms with E-state index in [-0.39, 0.29) is 18.2 Å². The van der Waals surface area contributed by atoms with Gasteiger partial charge in [-0.05, 0) is 60.5 Å². The monoisotopic (exact) mass is 387 g/mol. The Balaban J connectivity index is 1.42. The molecule has 3 aromatic rings. The summed E-state index contributed by atoms with van der Waals surface area (Å²) in [5.41, 5.74) is 2.98. The number of nitrogens with one attached hydrogen (secondary N) is 1. The zero-order valence-corrected chi connectivity index (χ0v) is 15.5. The molecule has 3 rings (SSSR count). The van der Waals surface area contributed by atoms with E-state index in [1.165, 1.54) is 24.3 Å². The number of ether oxygens (including phenoxy) is 1. The van der Waals surface area contributed by atoms with E-state index < -0.39 is 0 Å². The van der Waals surface area contributed by atoms with Gasteiger partial charge in [-0.15, -0.1) is 0 Å². The molecule has 0 amide bonds. The van der Waals surface area contributed by atoms with Gasteiger partial charge in [-0.2, -0.15) is 0 Å². The van der Waals surface area contributed by atoms with Crippen molar-refractivity contribution in [3.05, 3.63) is 100 Å². The van der Waals surface area contributed by atoms with Gasteiger partial charge in [0.1, 0.15) is 24.0 Å². The van der Waals surface area contributed by atoms with Crippen LogP contribution in [0.5, 0.6) is 5.75 Å². The van der Waals surface area contributed by atoms with Crippen LogP contribution in [0.1, 0.15) is 16.7 Å². The van der Waals surface area contributed by atoms with Crippen molar-refractivity contribution in [3.8, 4) is 5.75 Å². The molecule has 0 aliphatic carbocycles. The molecule has 5 heteroatoms. The molecule has 140 valence electrons. The number of halogens is 3. The minimum Gasteiger partial charge on any atom is -0.489 e. The van der Waals surface area contributed by atoms with Crippen LogP contribution < -0.4 is 10.1 Å². The Morgan fingerprint density at radius 1 is 0.815 bits per heavy atom. The minimum atomic E-state index is -0.361. The molecule has 0 aromatic heterocycles. The summed E-state index contributed by atoms with van der Waals surface area (Å²) in [4.78, 5) is 0. The third-order valence-electron chi connectivity index (χ3n) is 4.17.